The van der Waals surface area contributed by atoms with Crippen LogP contribution in [0.4, 0.5) is 9.18 Å². The summed E-state index contributed by atoms with van der Waals surface area (Å²) in [5.74, 6) is -0.109. The van der Waals surface area contributed by atoms with E-state index in [2.05, 4.69) is 4.99 Å². The Morgan fingerprint density at radius 3 is 2.60 bits per heavy atom. The van der Waals surface area contributed by atoms with Crippen molar-refractivity contribution in [3.05, 3.63) is 47.5 Å². The normalized spacial score (nSPS) is 23.1. The molecule has 160 valence electrons. The Labute approximate surface area is 173 Å². The number of aliphatic hydroxyl groups is 1. The number of rotatable bonds is 7. The first kappa shape index (κ1) is 20.3. The molecular formula is C20H24FN5O4. The van der Waals surface area contributed by atoms with Gasteiger partial charge in [0.25, 0.3) is 5.91 Å². The lowest BCUT2D eigenvalue weighted by atomic mass is 10.1. The van der Waals surface area contributed by atoms with E-state index < -0.39 is 18.2 Å². The molecule has 4 rings (SSSR count). The number of nitrogens with zero attached hydrogens (tertiary/aromatic N) is 5. The number of guanidine groups is 1. The van der Waals surface area contributed by atoms with Crippen LogP contribution in [0.5, 0.6) is 0 Å². The lowest BCUT2D eigenvalue weighted by molar-refractivity contribution is -0.137. The molecular weight excluding hydrogens is 393 g/mol. The first-order chi connectivity index (χ1) is 14.4. The summed E-state index contributed by atoms with van der Waals surface area (Å²) >= 11 is 0. The number of benzene rings is 1. The summed E-state index contributed by atoms with van der Waals surface area (Å²) in [4.78, 5) is 37.2. The Hall–Kier alpha value is -2.98. The molecule has 0 saturated carbocycles. The molecule has 1 aromatic carbocycles. The minimum atomic E-state index is -0.651. The van der Waals surface area contributed by atoms with Crippen molar-refractivity contribution in [1.82, 2.24) is 19.6 Å². The predicted molar refractivity (Wildman–Crippen MR) is 105 cm³/mol. The number of amides is 3. The SMILES string of the molecule is CC1=CN2C(=NC3C2C(=O)N(Cc2ccc(F)cc2)C(=O)N3C)N1CCOCCO. The third-order valence-electron chi connectivity index (χ3n) is 5.45. The molecule has 10 heteroatoms. The van der Waals surface area contributed by atoms with Gasteiger partial charge in [0.2, 0.25) is 5.96 Å². The van der Waals surface area contributed by atoms with E-state index in [0.717, 1.165) is 5.70 Å². The van der Waals surface area contributed by atoms with Crippen LogP contribution in [0.25, 0.3) is 0 Å². The molecule has 0 aliphatic carbocycles. The Kier molecular flexibility index (Phi) is 5.44. The summed E-state index contributed by atoms with van der Waals surface area (Å²) in [7, 11) is 1.63. The quantitative estimate of drug-likeness (QED) is 0.660. The van der Waals surface area contributed by atoms with Crippen LogP contribution in [-0.4, -0.2) is 88.2 Å². The number of aliphatic imine (C=N–C) groups is 1. The van der Waals surface area contributed by atoms with Gasteiger partial charge in [-0.2, -0.15) is 0 Å². The van der Waals surface area contributed by atoms with Crippen LogP contribution < -0.4 is 0 Å². The van der Waals surface area contributed by atoms with E-state index in [4.69, 9.17) is 9.84 Å². The average molecular weight is 417 g/mol. The monoisotopic (exact) mass is 417 g/mol. The van der Waals surface area contributed by atoms with Gasteiger partial charge in [-0.15, -0.1) is 0 Å². The number of hydrogen-bond donors (Lipinski definition) is 1. The van der Waals surface area contributed by atoms with Gasteiger partial charge in [-0.1, -0.05) is 12.1 Å². The Morgan fingerprint density at radius 1 is 1.17 bits per heavy atom. The van der Waals surface area contributed by atoms with Gasteiger partial charge < -0.3 is 24.5 Å². The maximum absolute atomic E-state index is 13.3. The molecule has 1 saturated heterocycles. The maximum Gasteiger partial charge on any atom is 0.328 e. The van der Waals surface area contributed by atoms with Crippen molar-refractivity contribution in [2.45, 2.75) is 25.7 Å². The summed E-state index contributed by atoms with van der Waals surface area (Å²) in [6.45, 7) is 3.11. The number of urea groups is 1. The first-order valence-electron chi connectivity index (χ1n) is 9.75. The number of carbonyl (C=O) groups is 2. The molecule has 30 heavy (non-hydrogen) atoms. The highest BCUT2D eigenvalue weighted by molar-refractivity contribution is 6.04. The van der Waals surface area contributed by atoms with Crippen LogP contribution in [0, 0.1) is 5.82 Å². The Morgan fingerprint density at radius 2 is 1.90 bits per heavy atom. The fourth-order valence-electron chi connectivity index (χ4n) is 3.92. The van der Waals surface area contributed by atoms with Crippen molar-refractivity contribution < 1.29 is 23.8 Å². The number of imide groups is 1. The summed E-state index contributed by atoms with van der Waals surface area (Å²) in [5, 5.41) is 8.85. The van der Waals surface area contributed by atoms with Gasteiger partial charge in [-0.3, -0.25) is 9.69 Å². The van der Waals surface area contributed by atoms with Gasteiger partial charge in [-0.25, -0.2) is 14.2 Å². The topological polar surface area (TPSA) is 88.9 Å². The molecule has 1 N–H and O–H groups in total. The van der Waals surface area contributed by atoms with Crippen LogP contribution in [0.2, 0.25) is 0 Å². The lowest BCUT2D eigenvalue weighted by Crippen LogP contribution is -2.63. The van der Waals surface area contributed by atoms with Crippen LogP contribution in [-0.2, 0) is 16.1 Å². The summed E-state index contributed by atoms with van der Waals surface area (Å²) < 4.78 is 18.6. The third kappa shape index (κ3) is 3.41. The summed E-state index contributed by atoms with van der Waals surface area (Å²) in [5.41, 5.74) is 1.58. The standard InChI is InChI=1S/C20H24FN5O4/c1-13-11-25-16-17(22-19(25)24(13)7-9-30-10-8-27)23(2)20(29)26(18(16)28)12-14-3-5-15(21)6-4-14/h3-6,11,16-17,27H,7-10,12H2,1-2H3. The molecule has 3 aliphatic rings. The summed E-state index contributed by atoms with van der Waals surface area (Å²) in [6.07, 6.45) is 1.24. The number of aliphatic hydroxyl groups excluding tert-OH is 1. The van der Waals surface area contributed by atoms with Gasteiger partial charge in [0, 0.05) is 25.5 Å². The highest BCUT2D eigenvalue weighted by Crippen LogP contribution is 2.34. The molecule has 2 unspecified atom stereocenters. The van der Waals surface area contributed by atoms with Crippen LogP contribution in [0.3, 0.4) is 0 Å². The van der Waals surface area contributed by atoms with Gasteiger partial charge in [0.05, 0.1) is 26.4 Å². The third-order valence-corrected chi connectivity index (χ3v) is 5.45. The van der Waals surface area contributed by atoms with Gasteiger partial charge in [-0.05, 0) is 24.6 Å². The fourth-order valence-corrected chi connectivity index (χ4v) is 3.92. The van der Waals surface area contributed by atoms with Crippen molar-refractivity contribution in [3.63, 3.8) is 0 Å². The molecule has 3 amide bonds. The molecule has 0 aromatic heterocycles. The lowest BCUT2D eigenvalue weighted by Gasteiger charge is -2.40. The second-order valence-electron chi connectivity index (χ2n) is 7.40. The second-order valence-corrected chi connectivity index (χ2v) is 7.40. The van der Waals surface area contributed by atoms with E-state index >= 15 is 0 Å². The first-order valence-corrected chi connectivity index (χ1v) is 9.75. The predicted octanol–water partition coefficient (Wildman–Crippen LogP) is 0.772. The van der Waals surface area contributed by atoms with Crippen molar-refractivity contribution in [2.75, 3.05) is 33.4 Å². The number of carbonyl (C=O) groups excluding carboxylic acids is 2. The average Bonchev–Trinajstić information content (AvgIpc) is 3.24. The highest BCUT2D eigenvalue weighted by Gasteiger charge is 2.54. The molecule has 2 atom stereocenters. The van der Waals surface area contributed by atoms with E-state index in [-0.39, 0.29) is 31.5 Å². The maximum atomic E-state index is 13.3. The van der Waals surface area contributed by atoms with Crippen molar-refractivity contribution in [2.24, 2.45) is 4.99 Å². The fraction of sp³-hybridized carbons (Fsp3) is 0.450. The molecule has 9 nitrogen and oxygen atoms in total. The molecule has 0 spiro atoms. The zero-order chi connectivity index (χ0) is 21.4. The zero-order valence-corrected chi connectivity index (χ0v) is 16.9. The van der Waals surface area contributed by atoms with Gasteiger partial charge in [0.15, 0.2) is 12.2 Å². The van der Waals surface area contributed by atoms with Crippen LogP contribution >= 0.6 is 0 Å². The molecule has 0 bridgehead atoms. The number of ether oxygens (including phenoxy) is 1. The highest BCUT2D eigenvalue weighted by atomic mass is 19.1. The van der Waals surface area contributed by atoms with Crippen molar-refractivity contribution in [1.29, 1.82) is 0 Å². The molecule has 3 aliphatic heterocycles. The number of hydrogen-bond acceptors (Lipinski definition) is 7. The van der Waals surface area contributed by atoms with Crippen LogP contribution in [0.15, 0.2) is 41.2 Å². The molecule has 0 radical (unpaired) electrons. The number of fused-ring (bicyclic) bond motifs is 3. The Balaban J connectivity index is 1.53. The van der Waals surface area contributed by atoms with Crippen molar-refractivity contribution >= 4 is 17.9 Å². The van der Waals surface area contributed by atoms with E-state index in [1.807, 2.05) is 18.0 Å². The minimum absolute atomic E-state index is 0.0443. The van der Waals surface area contributed by atoms with E-state index in [9.17, 15) is 14.0 Å². The number of allylic oxidation sites excluding steroid dienone is 1. The van der Waals surface area contributed by atoms with E-state index in [1.54, 1.807) is 24.1 Å². The second kappa shape index (κ2) is 8.04. The number of halogens is 1. The minimum Gasteiger partial charge on any atom is -0.394 e. The van der Waals surface area contributed by atoms with Crippen molar-refractivity contribution in [3.8, 4) is 0 Å². The molecule has 1 fully saturated rings. The molecule has 1 aromatic rings. The van der Waals surface area contributed by atoms with E-state index in [1.165, 1.54) is 21.9 Å². The Bertz CT molecular complexity index is 903. The largest absolute Gasteiger partial charge is 0.394 e. The summed E-state index contributed by atoms with van der Waals surface area (Å²) in [6, 6.07) is 4.65. The van der Waals surface area contributed by atoms with Gasteiger partial charge in [0.1, 0.15) is 5.82 Å². The van der Waals surface area contributed by atoms with E-state index in [0.29, 0.717) is 24.7 Å². The van der Waals surface area contributed by atoms with Crippen LogP contribution in [0.1, 0.15) is 12.5 Å². The smallest absolute Gasteiger partial charge is 0.328 e. The number of likely N-dealkylation sites (N-methyl/N-ethyl adjacent to an activating group) is 1. The zero-order valence-electron chi connectivity index (χ0n) is 16.9. The molecule has 3 heterocycles. The van der Waals surface area contributed by atoms with Gasteiger partial charge >= 0.3 is 6.03 Å².